The van der Waals surface area contributed by atoms with Gasteiger partial charge in [-0.2, -0.15) is 0 Å². The van der Waals surface area contributed by atoms with E-state index in [-0.39, 0.29) is 17.8 Å². The molecule has 1 amide bonds. The monoisotopic (exact) mass is 364 g/mol. The average molecular weight is 364 g/mol. The Balaban J connectivity index is 1.66. The molecule has 0 radical (unpaired) electrons. The lowest BCUT2D eigenvalue weighted by atomic mass is 10.0. The smallest absolute Gasteiger partial charge is 0.252 e. The van der Waals surface area contributed by atoms with Gasteiger partial charge in [-0.3, -0.25) is 9.78 Å². The predicted molar refractivity (Wildman–Crippen MR) is 102 cm³/mol. The van der Waals surface area contributed by atoms with E-state index < -0.39 is 0 Å². The molecule has 1 aliphatic rings. The zero-order chi connectivity index (χ0) is 19.0. The summed E-state index contributed by atoms with van der Waals surface area (Å²) in [6.45, 7) is 1.81. The van der Waals surface area contributed by atoms with E-state index in [1.165, 1.54) is 12.1 Å². The Hall–Kier alpha value is -2.95. The summed E-state index contributed by atoms with van der Waals surface area (Å²) in [5, 5.41) is 3.84. The number of pyridine rings is 1. The van der Waals surface area contributed by atoms with Crippen molar-refractivity contribution in [2.75, 3.05) is 7.11 Å². The van der Waals surface area contributed by atoms with Crippen molar-refractivity contribution in [1.82, 2.24) is 10.3 Å². The molecule has 1 saturated carbocycles. The number of carbonyl (C=O) groups is 1. The van der Waals surface area contributed by atoms with Crippen LogP contribution in [0.25, 0.3) is 10.9 Å². The Kier molecular flexibility index (Phi) is 4.52. The molecule has 1 atom stereocenters. The van der Waals surface area contributed by atoms with Gasteiger partial charge in [-0.15, -0.1) is 0 Å². The van der Waals surface area contributed by atoms with E-state index in [1.807, 2.05) is 31.2 Å². The molecule has 1 unspecified atom stereocenters. The molecule has 1 fully saturated rings. The molecule has 27 heavy (non-hydrogen) atoms. The normalized spacial score (nSPS) is 14.8. The molecule has 4 nitrogen and oxygen atoms in total. The standard InChI is InChI=1S/C22H21FN2O2/c1-13-11-19(18-10-7-16(23)12-20(18)24-13)22(26)25-21(14-3-4-14)15-5-8-17(27-2)9-6-15/h5-12,14,21H,3-4H2,1-2H3,(H,25,26). The van der Waals surface area contributed by atoms with Gasteiger partial charge in [-0.1, -0.05) is 12.1 Å². The van der Waals surface area contributed by atoms with Crippen LogP contribution < -0.4 is 10.1 Å². The molecule has 0 bridgehead atoms. The van der Waals surface area contributed by atoms with Crippen molar-refractivity contribution in [3.63, 3.8) is 0 Å². The third-order valence-electron chi connectivity index (χ3n) is 5.00. The first-order chi connectivity index (χ1) is 13.0. The Morgan fingerprint density at radius 2 is 1.93 bits per heavy atom. The summed E-state index contributed by atoms with van der Waals surface area (Å²) in [5.74, 6) is 0.706. The number of benzene rings is 2. The van der Waals surface area contributed by atoms with Crippen molar-refractivity contribution in [1.29, 1.82) is 0 Å². The molecule has 4 rings (SSSR count). The number of carbonyl (C=O) groups excluding carboxylic acids is 1. The Bertz CT molecular complexity index is 992. The van der Waals surface area contributed by atoms with Crippen LogP contribution in [0.2, 0.25) is 0 Å². The average Bonchev–Trinajstić information content (AvgIpc) is 3.50. The second-order valence-electron chi connectivity index (χ2n) is 7.03. The number of amides is 1. The van der Waals surface area contributed by atoms with Crippen LogP contribution in [-0.4, -0.2) is 18.0 Å². The molecule has 1 aromatic heterocycles. The zero-order valence-corrected chi connectivity index (χ0v) is 15.3. The molecule has 1 heterocycles. The molecule has 0 aliphatic heterocycles. The van der Waals surface area contributed by atoms with Gasteiger partial charge in [0.2, 0.25) is 0 Å². The Morgan fingerprint density at radius 3 is 2.59 bits per heavy atom. The number of hydrogen-bond donors (Lipinski definition) is 1. The highest BCUT2D eigenvalue weighted by atomic mass is 19.1. The van der Waals surface area contributed by atoms with E-state index in [0.29, 0.717) is 28.1 Å². The summed E-state index contributed by atoms with van der Waals surface area (Å²) < 4.78 is 18.8. The van der Waals surface area contributed by atoms with Gasteiger partial charge in [0.05, 0.1) is 24.2 Å². The minimum absolute atomic E-state index is 0.0487. The fourth-order valence-corrected chi connectivity index (χ4v) is 3.45. The molecule has 3 aromatic rings. The lowest BCUT2D eigenvalue weighted by Gasteiger charge is -2.20. The highest BCUT2D eigenvalue weighted by molar-refractivity contribution is 6.06. The van der Waals surface area contributed by atoms with Crippen molar-refractivity contribution in [2.24, 2.45) is 5.92 Å². The minimum Gasteiger partial charge on any atom is -0.497 e. The molecule has 138 valence electrons. The van der Waals surface area contributed by atoms with Crippen LogP contribution in [0.4, 0.5) is 4.39 Å². The Labute approximate surface area is 157 Å². The molecule has 2 aromatic carbocycles. The van der Waals surface area contributed by atoms with Gasteiger partial charge in [0.25, 0.3) is 5.91 Å². The molecule has 0 saturated heterocycles. The highest BCUT2D eigenvalue weighted by Crippen LogP contribution is 2.41. The van der Waals surface area contributed by atoms with Crippen molar-refractivity contribution in [2.45, 2.75) is 25.8 Å². The maximum absolute atomic E-state index is 13.6. The van der Waals surface area contributed by atoms with E-state index >= 15 is 0 Å². The van der Waals surface area contributed by atoms with Crippen LogP contribution in [0.5, 0.6) is 5.75 Å². The quantitative estimate of drug-likeness (QED) is 0.721. The van der Waals surface area contributed by atoms with Gasteiger partial charge >= 0.3 is 0 Å². The van der Waals surface area contributed by atoms with Crippen LogP contribution in [0, 0.1) is 18.7 Å². The molecular formula is C22H21FN2O2. The van der Waals surface area contributed by atoms with Gasteiger partial charge < -0.3 is 10.1 Å². The number of methoxy groups -OCH3 is 1. The second-order valence-corrected chi connectivity index (χ2v) is 7.03. The summed E-state index contributed by atoms with van der Waals surface area (Å²) in [5.41, 5.74) is 2.77. The third kappa shape index (κ3) is 3.63. The van der Waals surface area contributed by atoms with Crippen molar-refractivity contribution in [3.05, 3.63) is 71.2 Å². The first-order valence-corrected chi connectivity index (χ1v) is 9.07. The van der Waals surface area contributed by atoms with Gasteiger partial charge in [0.1, 0.15) is 11.6 Å². The van der Waals surface area contributed by atoms with Gasteiger partial charge in [0.15, 0.2) is 0 Å². The first kappa shape index (κ1) is 17.5. The maximum Gasteiger partial charge on any atom is 0.252 e. The maximum atomic E-state index is 13.6. The van der Waals surface area contributed by atoms with Crippen molar-refractivity contribution in [3.8, 4) is 5.75 Å². The van der Waals surface area contributed by atoms with Crippen molar-refractivity contribution < 1.29 is 13.9 Å². The van der Waals surface area contributed by atoms with E-state index in [2.05, 4.69) is 10.3 Å². The van der Waals surface area contributed by atoms with Gasteiger partial charge in [-0.05, 0) is 61.6 Å². The zero-order valence-electron chi connectivity index (χ0n) is 15.3. The van der Waals surface area contributed by atoms with Crippen LogP contribution >= 0.6 is 0 Å². The summed E-state index contributed by atoms with van der Waals surface area (Å²) in [7, 11) is 1.63. The van der Waals surface area contributed by atoms with Crippen LogP contribution in [0.1, 0.15) is 40.5 Å². The van der Waals surface area contributed by atoms with Crippen molar-refractivity contribution >= 4 is 16.8 Å². The van der Waals surface area contributed by atoms with Crippen LogP contribution in [0.3, 0.4) is 0 Å². The Morgan fingerprint density at radius 1 is 1.19 bits per heavy atom. The number of aromatic nitrogens is 1. The van der Waals surface area contributed by atoms with E-state index in [0.717, 1.165) is 24.2 Å². The minimum atomic E-state index is -0.360. The fraction of sp³-hybridized carbons (Fsp3) is 0.273. The lowest BCUT2D eigenvalue weighted by molar-refractivity contribution is 0.0933. The predicted octanol–water partition coefficient (Wildman–Crippen LogP) is 4.57. The number of aryl methyl sites for hydroxylation is 1. The number of halogens is 1. The number of fused-ring (bicyclic) bond motifs is 1. The molecule has 0 spiro atoms. The van der Waals surface area contributed by atoms with Gasteiger partial charge in [-0.25, -0.2) is 4.39 Å². The van der Waals surface area contributed by atoms with E-state index in [4.69, 9.17) is 4.74 Å². The summed E-state index contributed by atoms with van der Waals surface area (Å²) >= 11 is 0. The molecule has 5 heteroatoms. The molecular weight excluding hydrogens is 343 g/mol. The van der Waals surface area contributed by atoms with E-state index in [1.54, 1.807) is 19.2 Å². The summed E-state index contributed by atoms with van der Waals surface area (Å²) in [4.78, 5) is 17.4. The third-order valence-corrected chi connectivity index (χ3v) is 5.00. The number of rotatable bonds is 5. The van der Waals surface area contributed by atoms with E-state index in [9.17, 15) is 9.18 Å². The molecule has 1 aliphatic carbocycles. The largest absolute Gasteiger partial charge is 0.497 e. The SMILES string of the molecule is COc1ccc(C(NC(=O)c2cc(C)nc3cc(F)ccc23)C2CC2)cc1. The first-order valence-electron chi connectivity index (χ1n) is 9.07. The second kappa shape index (κ2) is 6.99. The van der Waals surface area contributed by atoms with Crippen LogP contribution in [-0.2, 0) is 0 Å². The number of nitrogens with zero attached hydrogens (tertiary/aromatic N) is 1. The summed E-state index contributed by atoms with van der Waals surface area (Å²) in [6.07, 6.45) is 2.19. The lowest BCUT2D eigenvalue weighted by Crippen LogP contribution is -2.30. The molecule has 1 N–H and O–H groups in total. The van der Waals surface area contributed by atoms with Gasteiger partial charge in [0, 0.05) is 17.1 Å². The van der Waals surface area contributed by atoms with Crippen LogP contribution in [0.15, 0.2) is 48.5 Å². The highest BCUT2D eigenvalue weighted by Gasteiger charge is 2.34. The number of ether oxygens (including phenoxy) is 1. The topological polar surface area (TPSA) is 51.2 Å². The number of hydrogen-bond acceptors (Lipinski definition) is 3. The number of nitrogens with one attached hydrogen (secondary N) is 1. The summed E-state index contributed by atoms with van der Waals surface area (Å²) in [6, 6.07) is 13.9. The fourth-order valence-electron chi connectivity index (χ4n) is 3.45.